The summed E-state index contributed by atoms with van der Waals surface area (Å²) in [6.07, 6.45) is 3.06. The van der Waals surface area contributed by atoms with Crippen LogP contribution in [-0.2, 0) is 0 Å². The van der Waals surface area contributed by atoms with E-state index in [9.17, 15) is 5.21 Å². The number of pyridine rings is 2. The van der Waals surface area contributed by atoms with Crippen molar-refractivity contribution >= 4 is 0 Å². The van der Waals surface area contributed by atoms with Crippen molar-refractivity contribution in [2.45, 2.75) is 0 Å². The van der Waals surface area contributed by atoms with E-state index in [1.165, 1.54) is 6.20 Å². The molecule has 0 aliphatic carbocycles. The van der Waals surface area contributed by atoms with E-state index < -0.39 is 0 Å². The van der Waals surface area contributed by atoms with Gasteiger partial charge in [0.25, 0.3) is 0 Å². The smallest absolute Gasteiger partial charge is 0.242 e. The van der Waals surface area contributed by atoms with Gasteiger partial charge in [-0.15, -0.1) is 0 Å². The number of hydrogen-bond donors (Lipinski definition) is 0. The second-order valence-corrected chi connectivity index (χ2v) is 2.55. The molecule has 0 atom stereocenters. The largest absolute Gasteiger partial charge is 0.618 e. The molecule has 0 amide bonds. The van der Waals surface area contributed by atoms with Crippen LogP contribution in [0.15, 0.2) is 42.7 Å². The molecule has 3 heteroatoms. The summed E-state index contributed by atoms with van der Waals surface area (Å²) < 4.78 is 0.777. The van der Waals surface area contributed by atoms with Gasteiger partial charge >= 0.3 is 0 Å². The maximum atomic E-state index is 11.3. The third kappa shape index (κ3) is 1.49. The van der Waals surface area contributed by atoms with Gasteiger partial charge in [-0.05, 0) is 18.2 Å². The Balaban J connectivity index is 2.54. The minimum absolute atomic E-state index is 0.517. The summed E-state index contributed by atoms with van der Waals surface area (Å²) in [5.41, 5.74) is 1.18. The van der Waals surface area contributed by atoms with Crippen molar-refractivity contribution < 1.29 is 4.73 Å². The summed E-state index contributed by atoms with van der Waals surface area (Å²) in [5.74, 6) is 0. The molecular weight excluding hydrogens is 164 g/mol. The van der Waals surface area contributed by atoms with Crippen LogP contribution in [0.25, 0.3) is 11.4 Å². The predicted octanol–water partition coefficient (Wildman–Crippen LogP) is 1.18. The molecule has 0 aliphatic heterocycles. The minimum atomic E-state index is 0.517. The van der Waals surface area contributed by atoms with Gasteiger partial charge in [0, 0.05) is 18.3 Å². The molecule has 0 spiro atoms. The highest BCUT2D eigenvalue weighted by Crippen LogP contribution is 2.09. The molecular formula is C10H7N2O. The van der Waals surface area contributed by atoms with Crippen LogP contribution in [-0.4, -0.2) is 4.98 Å². The molecule has 63 valence electrons. The zero-order chi connectivity index (χ0) is 9.10. The van der Waals surface area contributed by atoms with Gasteiger partial charge in [-0.3, -0.25) is 0 Å². The van der Waals surface area contributed by atoms with Crippen molar-refractivity contribution in [1.29, 1.82) is 0 Å². The molecule has 0 fully saturated rings. The summed E-state index contributed by atoms with van der Waals surface area (Å²) >= 11 is 0. The van der Waals surface area contributed by atoms with Gasteiger partial charge in [0.05, 0.1) is 0 Å². The van der Waals surface area contributed by atoms with Crippen molar-refractivity contribution in [2.75, 3.05) is 0 Å². The fourth-order valence-corrected chi connectivity index (χ4v) is 1.08. The molecule has 0 aliphatic rings. The van der Waals surface area contributed by atoms with Crippen LogP contribution in [0.3, 0.4) is 0 Å². The second-order valence-electron chi connectivity index (χ2n) is 2.55. The summed E-state index contributed by atoms with van der Waals surface area (Å²) in [5, 5.41) is 11.3. The van der Waals surface area contributed by atoms with Crippen LogP contribution in [0.2, 0.25) is 0 Å². The SMILES string of the molecule is [O-][n+]1cc[c]cc1-c1ccccn1. The molecule has 3 nitrogen and oxygen atoms in total. The van der Waals surface area contributed by atoms with Gasteiger partial charge in [-0.25, -0.2) is 4.98 Å². The Kier molecular flexibility index (Phi) is 1.92. The zero-order valence-corrected chi connectivity index (χ0v) is 6.84. The van der Waals surface area contributed by atoms with Crippen molar-refractivity contribution in [1.82, 2.24) is 4.98 Å². The minimum Gasteiger partial charge on any atom is -0.618 e. The van der Waals surface area contributed by atoms with Gasteiger partial charge in [-0.2, -0.15) is 4.73 Å². The Morgan fingerprint density at radius 3 is 3.00 bits per heavy atom. The van der Waals surface area contributed by atoms with Crippen molar-refractivity contribution in [3.63, 3.8) is 0 Å². The van der Waals surface area contributed by atoms with E-state index in [1.54, 1.807) is 24.4 Å². The van der Waals surface area contributed by atoms with Gasteiger partial charge in [-0.1, -0.05) is 6.07 Å². The van der Waals surface area contributed by atoms with E-state index in [0.717, 1.165) is 4.73 Å². The standard InChI is InChI=1S/C10H7N2O/c13-12-8-4-2-6-10(12)9-5-1-3-7-11-9/h1,3-8H. The van der Waals surface area contributed by atoms with E-state index in [2.05, 4.69) is 11.1 Å². The average molecular weight is 171 g/mol. The lowest BCUT2D eigenvalue weighted by Crippen LogP contribution is -2.28. The molecule has 13 heavy (non-hydrogen) atoms. The molecule has 0 unspecified atom stereocenters. The summed E-state index contributed by atoms with van der Waals surface area (Å²) in [6.45, 7) is 0. The lowest BCUT2D eigenvalue weighted by Gasteiger charge is -2.01. The summed E-state index contributed by atoms with van der Waals surface area (Å²) in [4.78, 5) is 4.07. The molecule has 0 N–H and O–H groups in total. The Hall–Kier alpha value is -1.90. The number of nitrogens with zero attached hydrogens (tertiary/aromatic N) is 2. The van der Waals surface area contributed by atoms with Crippen LogP contribution < -0.4 is 4.73 Å². The highest BCUT2D eigenvalue weighted by molar-refractivity contribution is 5.49. The molecule has 0 saturated heterocycles. The van der Waals surface area contributed by atoms with Crippen LogP contribution in [0, 0.1) is 11.3 Å². The number of aromatic nitrogens is 2. The van der Waals surface area contributed by atoms with Crippen LogP contribution in [0.1, 0.15) is 0 Å². The fraction of sp³-hybridized carbons (Fsp3) is 0. The second kappa shape index (κ2) is 3.23. The Morgan fingerprint density at radius 1 is 1.38 bits per heavy atom. The third-order valence-corrected chi connectivity index (χ3v) is 1.69. The topological polar surface area (TPSA) is 39.8 Å². The lowest BCUT2D eigenvalue weighted by atomic mass is 10.2. The first kappa shape index (κ1) is 7.73. The molecule has 1 radical (unpaired) electrons. The molecule has 0 saturated carbocycles. The van der Waals surface area contributed by atoms with Crippen LogP contribution >= 0.6 is 0 Å². The van der Waals surface area contributed by atoms with Gasteiger partial charge < -0.3 is 5.21 Å². The van der Waals surface area contributed by atoms with Crippen molar-refractivity contribution in [3.8, 4) is 11.4 Å². The number of rotatable bonds is 1. The van der Waals surface area contributed by atoms with Crippen molar-refractivity contribution in [3.05, 3.63) is 54.0 Å². The first-order valence-corrected chi connectivity index (χ1v) is 3.88. The first-order chi connectivity index (χ1) is 6.38. The predicted molar refractivity (Wildman–Crippen MR) is 47.5 cm³/mol. The molecule has 0 bridgehead atoms. The van der Waals surface area contributed by atoms with Crippen molar-refractivity contribution in [2.24, 2.45) is 0 Å². The Labute approximate surface area is 75.9 Å². The Bertz CT molecular complexity index is 401. The number of hydrogen-bond acceptors (Lipinski definition) is 2. The molecule has 2 heterocycles. The molecule has 0 aromatic carbocycles. The lowest BCUT2D eigenvalue weighted by molar-refractivity contribution is -0.593. The van der Waals surface area contributed by atoms with Gasteiger partial charge in [0.15, 0.2) is 6.20 Å². The van der Waals surface area contributed by atoms with Crippen LogP contribution in [0.4, 0.5) is 0 Å². The normalized spacial score (nSPS) is 9.85. The molecule has 2 aromatic rings. The fourth-order valence-electron chi connectivity index (χ4n) is 1.08. The first-order valence-electron chi connectivity index (χ1n) is 3.88. The quantitative estimate of drug-likeness (QED) is 0.477. The van der Waals surface area contributed by atoms with E-state index in [1.807, 2.05) is 12.1 Å². The molecule has 2 aromatic heterocycles. The van der Waals surface area contributed by atoms with E-state index in [-0.39, 0.29) is 0 Å². The van der Waals surface area contributed by atoms with Gasteiger partial charge in [0.2, 0.25) is 5.69 Å². The maximum Gasteiger partial charge on any atom is 0.242 e. The van der Waals surface area contributed by atoms with Crippen LogP contribution in [0.5, 0.6) is 0 Å². The maximum absolute atomic E-state index is 11.3. The van der Waals surface area contributed by atoms with E-state index in [0.29, 0.717) is 11.4 Å². The Morgan fingerprint density at radius 2 is 2.31 bits per heavy atom. The summed E-state index contributed by atoms with van der Waals surface area (Å²) in [6, 6.07) is 11.5. The highest BCUT2D eigenvalue weighted by Gasteiger charge is 2.06. The molecule has 2 rings (SSSR count). The van der Waals surface area contributed by atoms with Gasteiger partial charge in [0.1, 0.15) is 5.69 Å². The third-order valence-electron chi connectivity index (χ3n) is 1.69. The monoisotopic (exact) mass is 171 g/mol. The van der Waals surface area contributed by atoms with E-state index >= 15 is 0 Å². The zero-order valence-electron chi connectivity index (χ0n) is 6.84. The average Bonchev–Trinajstić information content (AvgIpc) is 2.20. The summed E-state index contributed by atoms with van der Waals surface area (Å²) in [7, 11) is 0. The van der Waals surface area contributed by atoms with E-state index in [4.69, 9.17) is 0 Å². The highest BCUT2D eigenvalue weighted by atomic mass is 16.5.